The summed E-state index contributed by atoms with van der Waals surface area (Å²) < 4.78 is 52.9. The standard InChI is InChI=1S/C58H103N5O20S5/c1-44(39-84-6)54(69)79-34-29-74-49(64)11-20-61(21-12-50(65)75-30-35-80-55(70)45(2)40-85-7)25-18-59-16-17-60-19-26-63(24-15-53(68)78-33-38-83-58(73)48(5)43-88-10)28-27-62(22-13-51(66)76-31-36-81-56(71)46(3)41-86-8)23-14-52(67)77-32-37-82-57(72)47(4)42-87-9/h44-48,59-60H,11-43H2,1-10H3. The van der Waals surface area contributed by atoms with Crippen molar-refractivity contribution >= 4 is 119 Å². The summed E-state index contributed by atoms with van der Waals surface area (Å²) in [5.41, 5.74) is 0. The van der Waals surface area contributed by atoms with E-state index in [1.165, 1.54) is 58.8 Å². The maximum absolute atomic E-state index is 13.0. The van der Waals surface area contributed by atoms with Crippen LogP contribution in [0.3, 0.4) is 0 Å². The third-order valence-corrected chi connectivity index (χ3v) is 16.8. The molecule has 0 bridgehead atoms. The number of carbonyl (C=O) groups is 10. The van der Waals surface area contributed by atoms with Crippen molar-refractivity contribution in [2.45, 2.75) is 66.7 Å². The highest BCUT2D eigenvalue weighted by atomic mass is 32.2. The fourth-order valence-electron chi connectivity index (χ4n) is 7.59. The summed E-state index contributed by atoms with van der Waals surface area (Å²) in [5.74, 6) is -2.82. The van der Waals surface area contributed by atoms with Crippen LogP contribution in [-0.4, -0.2) is 286 Å². The largest absolute Gasteiger partial charge is 0.462 e. The van der Waals surface area contributed by atoms with Gasteiger partial charge in [-0.15, -0.1) is 0 Å². The van der Waals surface area contributed by atoms with Crippen LogP contribution in [0.15, 0.2) is 0 Å². The molecule has 0 aliphatic heterocycles. The highest BCUT2D eigenvalue weighted by Crippen LogP contribution is 2.11. The Hall–Kier alpha value is -3.75. The zero-order chi connectivity index (χ0) is 65.7. The summed E-state index contributed by atoms with van der Waals surface area (Å²) in [6.07, 6.45) is 9.45. The molecule has 0 rings (SSSR count). The number of ether oxygens (including phenoxy) is 10. The summed E-state index contributed by atoms with van der Waals surface area (Å²) in [5, 5.41) is 6.79. The minimum absolute atomic E-state index is 0.0186. The molecule has 0 aliphatic rings. The molecule has 0 fully saturated rings. The monoisotopic (exact) mass is 1350 g/mol. The van der Waals surface area contributed by atoms with Crippen molar-refractivity contribution in [1.29, 1.82) is 0 Å². The van der Waals surface area contributed by atoms with Gasteiger partial charge in [-0.1, -0.05) is 34.6 Å². The molecule has 510 valence electrons. The van der Waals surface area contributed by atoms with Crippen molar-refractivity contribution in [3.05, 3.63) is 0 Å². The first-order chi connectivity index (χ1) is 42.2. The zero-order valence-electron chi connectivity index (χ0n) is 53.8. The van der Waals surface area contributed by atoms with Gasteiger partial charge in [0.1, 0.15) is 66.1 Å². The molecule has 0 radical (unpaired) electrons. The molecule has 0 saturated carbocycles. The van der Waals surface area contributed by atoms with Crippen LogP contribution < -0.4 is 10.6 Å². The van der Waals surface area contributed by atoms with Crippen molar-refractivity contribution in [2.75, 3.05) is 211 Å². The molecule has 0 aromatic carbocycles. The highest BCUT2D eigenvalue weighted by molar-refractivity contribution is 7.99. The lowest BCUT2D eigenvalue weighted by atomic mass is 10.2. The van der Waals surface area contributed by atoms with E-state index in [4.69, 9.17) is 47.4 Å². The SMILES string of the molecule is CSCC(C)C(=O)OCCOC(=O)CCN(CCNCCNCCN(CCC(=O)OCCOC(=O)C(C)CSC)CCN(CCC(=O)OCCOC(=O)C(C)CSC)CCC(=O)OCCOC(=O)C(C)CSC)CCC(=O)OCCOC(=O)C(C)CSC. The number of thioether (sulfide) groups is 5. The summed E-state index contributed by atoms with van der Waals surface area (Å²) in [6.45, 7) is 13.0. The van der Waals surface area contributed by atoms with Gasteiger partial charge in [-0.25, -0.2) is 0 Å². The lowest BCUT2D eigenvalue weighted by molar-refractivity contribution is -0.154. The molecular formula is C58H103N5O20S5. The van der Waals surface area contributed by atoms with Gasteiger partial charge in [0.05, 0.1) is 61.7 Å². The van der Waals surface area contributed by atoms with Crippen molar-refractivity contribution in [3.8, 4) is 0 Å². The van der Waals surface area contributed by atoms with Gasteiger partial charge in [-0.05, 0) is 31.3 Å². The molecule has 88 heavy (non-hydrogen) atoms. The number of nitrogens with zero attached hydrogens (tertiary/aromatic N) is 3. The molecule has 0 aromatic heterocycles. The molecule has 0 saturated heterocycles. The van der Waals surface area contributed by atoms with Crippen molar-refractivity contribution in [1.82, 2.24) is 25.3 Å². The summed E-state index contributed by atoms with van der Waals surface area (Å²) >= 11 is 7.63. The van der Waals surface area contributed by atoms with E-state index in [9.17, 15) is 47.9 Å². The normalized spacial score (nSPS) is 13.0. The summed E-state index contributed by atoms with van der Waals surface area (Å²) in [4.78, 5) is 131. The molecule has 0 heterocycles. The maximum atomic E-state index is 13.0. The van der Waals surface area contributed by atoms with E-state index in [1.54, 1.807) is 34.6 Å². The van der Waals surface area contributed by atoms with E-state index < -0.39 is 29.8 Å². The Labute approximate surface area is 543 Å². The van der Waals surface area contributed by atoms with Gasteiger partial charge < -0.3 is 72.7 Å². The van der Waals surface area contributed by atoms with Gasteiger partial charge in [-0.3, -0.25) is 47.9 Å². The fourth-order valence-corrected chi connectivity index (χ4v) is 10.8. The Bertz CT molecular complexity index is 1880. The summed E-state index contributed by atoms with van der Waals surface area (Å²) in [7, 11) is 0. The van der Waals surface area contributed by atoms with Gasteiger partial charge >= 0.3 is 59.7 Å². The number of carbonyl (C=O) groups excluding carboxylic acids is 10. The van der Waals surface area contributed by atoms with Crippen LogP contribution in [-0.2, 0) is 95.3 Å². The Kier molecular flexibility index (Phi) is 53.7. The van der Waals surface area contributed by atoms with Gasteiger partial charge in [-0.2, -0.15) is 58.8 Å². The van der Waals surface area contributed by atoms with E-state index in [0.717, 1.165) is 0 Å². The van der Waals surface area contributed by atoms with E-state index in [2.05, 4.69) is 10.6 Å². The minimum Gasteiger partial charge on any atom is -0.462 e. The second kappa shape index (κ2) is 56.0. The predicted molar refractivity (Wildman–Crippen MR) is 345 cm³/mol. The first kappa shape index (κ1) is 84.2. The van der Waals surface area contributed by atoms with Crippen molar-refractivity contribution in [2.24, 2.45) is 29.6 Å². The quantitative estimate of drug-likeness (QED) is 0.0501. The zero-order valence-corrected chi connectivity index (χ0v) is 57.9. The Balaban J connectivity index is 5.83. The molecule has 5 unspecified atom stereocenters. The number of hydrogen-bond acceptors (Lipinski definition) is 30. The van der Waals surface area contributed by atoms with E-state index >= 15 is 0 Å². The van der Waals surface area contributed by atoms with Crippen molar-refractivity contribution < 1.29 is 95.3 Å². The van der Waals surface area contributed by atoms with Gasteiger partial charge in [0.2, 0.25) is 0 Å². The number of rotatable bonds is 57. The average molecular weight is 1350 g/mol. The van der Waals surface area contributed by atoms with E-state index in [-0.39, 0.29) is 190 Å². The lowest BCUT2D eigenvalue weighted by Crippen LogP contribution is -2.42. The van der Waals surface area contributed by atoms with Crippen LogP contribution in [0.4, 0.5) is 0 Å². The molecular weight excluding hydrogens is 1250 g/mol. The van der Waals surface area contributed by atoms with Crippen molar-refractivity contribution in [3.63, 3.8) is 0 Å². The first-order valence-electron chi connectivity index (χ1n) is 29.9. The second-order valence-corrected chi connectivity index (χ2v) is 25.1. The van der Waals surface area contributed by atoms with Gasteiger partial charge in [0.15, 0.2) is 0 Å². The van der Waals surface area contributed by atoms with Crippen LogP contribution in [0.5, 0.6) is 0 Å². The Morgan fingerprint density at radius 1 is 0.273 bits per heavy atom. The van der Waals surface area contributed by atoms with Crippen LogP contribution in [0, 0.1) is 29.6 Å². The highest BCUT2D eigenvalue weighted by Gasteiger charge is 2.21. The number of nitrogens with one attached hydrogen (secondary N) is 2. The second-order valence-electron chi connectivity index (χ2n) is 20.5. The number of esters is 10. The molecule has 30 heteroatoms. The Morgan fingerprint density at radius 2 is 0.455 bits per heavy atom. The Morgan fingerprint density at radius 3 is 0.659 bits per heavy atom. The predicted octanol–water partition coefficient (Wildman–Crippen LogP) is 3.45. The van der Waals surface area contributed by atoms with Crippen LogP contribution in [0.1, 0.15) is 66.7 Å². The molecule has 0 aromatic rings. The average Bonchev–Trinajstić information content (AvgIpc) is 3.53. The van der Waals surface area contributed by atoms with Crippen LogP contribution in [0.2, 0.25) is 0 Å². The van der Waals surface area contributed by atoms with Gasteiger partial charge in [0, 0.05) is 114 Å². The van der Waals surface area contributed by atoms with Gasteiger partial charge in [0.25, 0.3) is 0 Å². The molecule has 0 amide bonds. The lowest BCUT2D eigenvalue weighted by Gasteiger charge is -2.27. The first-order valence-corrected chi connectivity index (χ1v) is 36.8. The fraction of sp³-hybridized carbons (Fsp3) is 0.828. The number of hydrogen-bond donors (Lipinski definition) is 2. The molecule has 5 atom stereocenters. The molecule has 2 N–H and O–H groups in total. The molecule has 0 spiro atoms. The van der Waals surface area contributed by atoms with E-state index in [1.807, 2.05) is 46.0 Å². The third kappa shape index (κ3) is 47.2. The summed E-state index contributed by atoms with van der Waals surface area (Å²) in [6, 6.07) is 0. The van der Waals surface area contributed by atoms with Crippen LogP contribution in [0.25, 0.3) is 0 Å². The molecule has 25 nitrogen and oxygen atoms in total. The van der Waals surface area contributed by atoms with E-state index in [0.29, 0.717) is 81.1 Å². The molecule has 0 aliphatic carbocycles. The topological polar surface area (TPSA) is 297 Å². The maximum Gasteiger partial charge on any atom is 0.309 e. The third-order valence-electron chi connectivity index (χ3n) is 12.6. The van der Waals surface area contributed by atoms with Crippen LogP contribution >= 0.6 is 58.8 Å². The minimum atomic E-state index is -0.526. The smallest absolute Gasteiger partial charge is 0.309 e.